The summed E-state index contributed by atoms with van der Waals surface area (Å²) >= 11 is 11.5. The van der Waals surface area contributed by atoms with Crippen molar-refractivity contribution >= 4 is 35.1 Å². The molecular weight excluding hydrogens is 281 g/mol. The molecule has 0 spiro atoms. The van der Waals surface area contributed by atoms with Gasteiger partial charge < -0.3 is 4.74 Å². The minimum absolute atomic E-state index is 0.000432. The number of carbonyl (C=O) groups is 1. The number of aromatic amines is 1. The number of halogens is 2. The highest BCUT2D eigenvalue weighted by Crippen LogP contribution is 2.17. The minimum atomic E-state index is -0.554. The summed E-state index contributed by atoms with van der Waals surface area (Å²) in [5, 5.41) is 8.92. The van der Waals surface area contributed by atoms with Gasteiger partial charge in [-0.3, -0.25) is 10.1 Å². The third-order valence-electron chi connectivity index (χ3n) is 1.91. The van der Waals surface area contributed by atoms with Gasteiger partial charge in [0.2, 0.25) is 5.95 Å². The molecule has 0 fully saturated rings. The number of ether oxygens (including phenoxy) is 1. The molecule has 18 heavy (non-hydrogen) atoms. The third-order valence-corrected chi connectivity index (χ3v) is 2.42. The first-order chi connectivity index (χ1) is 8.60. The lowest BCUT2D eigenvalue weighted by Gasteiger charge is -2.02. The van der Waals surface area contributed by atoms with E-state index >= 15 is 0 Å². The standard InChI is InChI=1S/C9H7Cl2N5O2/c1-18-9-14-8(15-16-9)13-7(17)6-4(10)2-3-5(11)12-6/h2-3H,1H3,(H2,13,14,15,16,17). The fourth-order valence-electron chi connectivity index (χ4n) is 1.14. The second-order valence-corrected chi connectivity index (χ2v) is 3.88. The van der Waals surface area contributed by atoms with E-state index in [0.29, 0.717) is 0 Å². The maximum atomic E-state index is 11.8. The summed E-state index contributed by atoms with van der Waals surface area (Å²) in [6, 6.07) is 3.07. The minimum Gasteiger partial charge on any atom is -0.466 e. The largest absolute Gasteiger partial charge is 0.466 e. The molecule has 2 aromatic rings. The van der Waals surface area contributed by atoms with Crippen LogP contribution in [0.15, 0.2) is 12.1 Å². The number of aromatic nitrogens is 4. The van der Waals surface area contributed by atoms with Gasteiger partial charge in [0.05, 0.1) is 12.1 Å². The number of hydrogen-bond donors (Lipinski definition) is 2. The van der Waals surface area contributed by atoms with Gasteiger partial charge in [0, 0.05) is 0 Å². The molecule has 7 nitrogen and oxygen atoms in total. The number of pyridine rings is 1. The summed E-state index contributed by atoms with van der Waals surface area (Å²) in [7, 11) is 1.41. The quantitative estimate of drug-likeness (QED) is 0.839. The first kappa shape index (κ1) is 12.6. The average molecular weight is 288 g/mol. The Bertz CT molecular complexity index is 586. The maximum Gasteiger partial charge on any atom is 0.336 e. The number of H-pyrrole nitrogens is 1. The van der Waals surface area contributed by atoms with E-state index < -0.39 is 5.91 Å². The Morgan fingerprint density at radius 1 is 1.39 bits per heavy atom. The summed E-state index contributed by atoms with van der Waals surface area (Å²) in [6.07, 6.45) is 0. The fourth-order valence-corrected chi connectivity index (χ4v) is 1.48. The number of rotatable bonds is 3. The SMILES string of the molecule is COc1n[nH]c(NC(=O)c2nc(Cl)ccc2Cl)n1. The van der Waals surface area contributed by atoms with Crippen molar-refractivity contribution in [2.45, 2.75) is 0 Å². The smallest absolute Gasteiger partial charge is 0.336 e. The summed E-state index contributed by atoms with van der Waals surface area (Å²) in [4.78, 5) is 19.5. The molecule has 2 aromatic heterocycles. The van der Waals surface area contributed by atoms with Crippen molar-refractivity contribution in [3.8, 4) is 6.01 Å². The predicted octanol–water partition coefficient (Wildman–Crippen LogP) is 1.77. The molecule has 0 saturated carbocycles. The van der Waals surface area contributed by atoms with Gasteiger partial charge in [-0.05, 0) is 12.1 Å². The van der Waals surface area contributed by atoms with Crippen LogP contribution in [-0.4, -0.2) is 33.2 Å². The van der Waals surface area contributed by atoms with E-state index in [2.05, 4.69) is 25.5 Å². The molecule has 0 aliphatic rings. The lowest BCUT2D eigenvalue weighted by Crippen LogP contribution is -2.15. The molecule has 94 valence electrons. The van der Waals surface area contributed by atoms with Crippen molar-refractivity contribution in [1.29, 1.82) is 0 Å². The molecule has 2 heterocycles. The number of carbonyl (C=O) groups excluding carboxylic acids is 1. The molecule has 0 bridgehead atoms. The number of anilines is 1. The summed E-state index contributed by atoms with van der Waals surface area (Å²) in [5.74, 6) is -0.434. The van der Waals surface area contributed by atoms with Gasteiger partial charge in [0.1, 0.15) is 10.8 Å². The normalized spacial score (nSPS) is 10.2. The zero-order valence-electron chi connectivity index (χ0n) is 9.07. The molecule has 2 N–H and O–H groups in total. The number of methoxy groups -OCH3 is 1. The van der Waals surface area contributed by atoms with E-state index in [1.54, 1.807) is 0 Å². The van der Waals surface area contributed by atoms with E-state index in [4.69, 9.17) is 27.9 Å². The lowest BCUT2D eigenvalue weighted by molar-refractivity contribution is 0.102. The van der Waals surface area contributed by atoms with Crippen molar-refractivity contribution in [3.63, 3.8) is 0 Å². The van der Waals surface area contributed by atoms with Crippen LogP contribution in [0.1, 0.15) is 10.5 Å². The van der Waals surface area contributed by atoms with Crippen LogP contribution in [0.5, 0.6) is 6.01 Å². The van der Waals surface area contributed by atoms with E-state index in [1.165, 1.54) is 19.2 Å². The Hall–Kier alpha value is -1.86. The van der Waals surface area contributed by atoms with Crippen LogP contribution in [-0.2, 0) is 0 Å². The second kappa shape index (κ2) is 5.19. The van der Waals surface area contributed by atoms with Gasteiger partial charge >= 0.3 is 6.01 Å². The molecule has 0 saturated heterocycles. The van der Waals surface area contributed by atoms with E-state index in [1.807, 2.05) is 0 Å². The topological polar surface area (TPSA) is 92.8 Å². The summed E-state index contributed by atoms with van der Waals surface area (Å²) in [6.45, 7) is 0. The first-order valence-electron chi connectivity index (χ1n) is 4.70. The molecule has 2 rings (SSSR count). The molecule has 0 aliphatic heterocycles. The van der Waals surface area contributed by atoms with Crippen LogP contribution < -0.4 is 10.1 Å². The number of nitrogens with one attached hydrogen (secondary N) is 2. The number of nitrogens with zero attached hydrogens (tertiary/aromatic N) is 3. The Kier molecular flexibility index (Phi) is 3.63. The first-order valence-corrected chi connectivity index (χ1v) is 5.45. The van der Waals surface area contributed by atoms with E-state index in [-0.39, 0.29) is 27.8 Å². The Labute approximate surface area is 111 Å². The zero-order valence-corrected chi connectivity index (χ0v) is 10.6. The van der Waals surface area contributed by atoms with Gasteiger partial charge in [-0.25, -0.2) is 10.1 Å². The Morgan fingerprint density at radius 2 is 2.17 bits per heavy atom. The average Bonchev–Trinajstić information content (AvgIpc) is 2.80. The van der Waals surface area contributed by atoms with Crippen molar-refractivity contribution in [2.24, 2.45) is 0 Å². The molecular formula is C9H7Cl2N5O2. The van der Waals surface area contributed by atoms with Crippen LogP contribution in [0.3, 0.4) is 0 Å². The molecule has 9 heteroatoms. The van der Waals surface area contributed by atoms with Crippen molar-refractivity contribution in [3.05, 3.63) is 28.0 Å². The van der Waals surface area contributed by atoms with Crippen molar-refractivity contribution in [1.82, 2.24) is 20.2 Å². The molecule has 0 aromatic carbocycles. The van der Waals surface area contributed by atoms with Crippen molar-refractivity contribution in [2.75, 3.05) is 12.4 Å². The molecule has 0 aliphatic carbocycles. The van der Waals surface area contributed by atoms with Crippen LogP contribution >= 0.6 is 23.2 Å². The molecule has 0 atom stereocenters. The molecule has 1 amide bonds. The highest BCUT2D eigenvalue weighted by Gasteiger charge is 2.15. The van der Waals surface area contributed by atoms with Crippen LogP contribution in [0.25, 0.3) is 0 Å². The lowest BCUT2D eigenvalue weighted by atomic mass is 10.3. The van der Waals surface area contributed by atoms with Crippen molar-refractivity contribution < 1.29 is 9.53 Å². The van der Waals surface area contributed by atoms with Gasteiger partial charge in [0.25, 0.3) is 5.91 Å². The van der Waals surface area contributed by atoms with Gasteiger partial charge in [0.15, 0.2) is 0 Å². The molecule has 0 radical (unpaired) electrons. The highest BCUT2D eigenvalue weighted by molar-refractivity contribution is 6.35. The predicted molar refractivity (Wildman–Crippen MR) is 65.1 cm³/mol. The Morgan fingerprint density at radius 3 is 2.83 bits per heavy atom. The number of amides is 1. The van der Waals surface area contributed by atoms with Crippen LogP contribution in [0.4, 0.5) is 5.95 Å². The fraction of sp³-hybridized carbons (Fsp3) is 0.111. The van der Waals surface area contributed by atoms with Gasteiger partial charge in [-0.1, -0.05) is 23.2 Å². The summed E-state index contributed by atoms with van der Waals surface area (Å²) < 4.78 is 4.76. The van der Waals surface area contributed by atoms with Gasteiger partial charge in [-0.15, -0.1) is 5.10 Å². The third kappa shape index (κ3) is 2.69. The maximum absolute atomic E-state index is 11.8. The van der Waals surface area contributed by atoms with Gasteiger partial charge in [-0.2, -0.15) is 4.98 Å². The monoisotopic (exact) mass is 287 g/mol. The molecule has 0 unspecified atom stereocenters. The van der Waals surface area contributed by atoms with E-state index in [0.717, 1.165) is 0 Å². The Balaban J connectivity index is 2.19. The van der Waals surface area contributed by atoms with E-state index in [9.17, 15) is 4.79 Å². The number of hydrogen-bond acceptors (Lipinski definition) is 5. The highest BCUT2D eigenvalue weighted by atomic mass is 35.5. The zero-order chi connectivity index (χ0) is 13.1. The van der Waals surface area contributed by atoms with Crippen LogP contribution in [0, 0.1) is 0 Å². The second-order valence-electron chi connectivity index (χ2n) is 3.09. The van der Waals surface area contributed by atoms with Crippen LogP contribution in [0.2, 0.25) is 10.2 Å². The summed E-state index contributed by atoms with van der Waals surface area (Å²) in [5.41, 5.74) is -0.000432.